The van der Waals surface area contributed by atoms with Crippen LogP contribution in [0.1, 0.15) is 90.0 Å². The van der Waals surface area contributed by atoms with E-state index in [2.05, 4.69) is 23.7 Å². The Hall–Kier alpha value is -2.67. The van der Waals surface area contributed by atoms with E-state index in [0.717, 1.165) is 61.0 Å². The number of aliphatic hydroxyl groups is 1. The zero-order valence-corrected chi connectivity index (χ0v) is 19.3. The fourth-order valence-corrected chi connectivity index (χ4v) is 6.07. The lowest BCUT2D eigenvalue weighted by molar-refractivity contribution is 0.0909. The van der Waals surface area contributed by atoms with Gasteiger partial charge in [0.2, 0.25) is 0 Å². The van der Waals surface area contributed by atoms with Crippen molar-refractivity contribution >= 4 is 17.4 Å². The highest BCUT2D eigenvalue weighted by Gasteiger charge is 2.39. The molecule has 1 saturated carbocycles. The third-order valence-corrected chi connectivity index (χ3v) is 7.52. The number of Topliss-reactive ketones (excluding diaryl/α,β-unsaturated/α-hetero) is 1. The van der Waals surface area contributed by atoms with Crippen LogP contribution in [0.3, 0.4) is 0 Å². The Morgan fingerprint density at radius 3 is 2.58 bits per heavy atom. The van der Waals surface area contributed by atoms with Gasteiger partial charge in [0.1, 0.15) is 5.82 Å². The summed E-state index contributed by atoms with van der Waals surface area (Å²) in [7, 11) is 0. The molecule has 1 aromatic heterocycles. The second kappa shape index (κ2) is 7.97. The number of aliphatic hydroxyl groups excluding tert-OH is 1. The summed E-state index contributed by atoms with van der Waals surface area (Å²) in [6.45, 7) is 4.19. The predicted molar refractivity (Wildman–Crippen MR) is 125 cm³/mol. The van der Waals surface area contributed by atoms with Crippen LogP contribution in [-0.4, -0.2) is 33.5 Å². The highest BCUT2D eigenvalue weighted by molar-refractivity contribution is 6.01. The molecule has 33 heavy (non-hydrogen) atoms. The number of ketones is 1. The van der Waals surface area contributed by atoms with Crippen LogP contribution in [0.25, 0.3) is 5.69 Å². The van der Waals surface area contributed by atoms with Crippen LogP contribution in [0.5, 0.6) is 0 Å². The maximum atomic E-state index is 15.3. The number of anilines is 1. The molecule has 1 aromatic carbocycles. The average molecular weight is 454 g/mol. The van der Waals surface area contributed by atoms with Crippen molar-refractivity contribution in [2.45, 2.75) is 83.8 Å². The maximum Gasteiger partial charge on any atom is 0.253 e. The maximum absolute atomic E-state index is 15.3. The van der Waals surface area contributed by atoms with Gasteiger partial charge < -0.3 is 20.7 Å². The lowest BCUT2D eigenvalue weighted by atomic mass is 9.75. The number of fused-ring (bicyclic) bond motifs is 3. The average Bonchev–Trinajstić information content (AvgIpc) is 3.28. The smallest absolute Gasteiger partial charge is 0.253 e. The summed E-state index contributed by atoms with van der Waals surface area (Å²) in [5, 5.41) is 13.2. The highest BCUT2D eigenvalue weighted by Crippen LogP contribution is 2.43. The first-order valence-electron chi connectivity index (χ1n) is 12.0. The Labute approximate surface area is 193 Å². The number of primary amides is 1. The molecule has 0 bridgehead atoms. The third-order valence-electron chi connectivity index (χ3n) is 7.52. The van der Waals surface area contributed by atoms with E-state index >= 15 is 4.39 Å². The van der Waals surface area contributed by atoms with E-state index in [0.29, 0.717) is 30.6 Å². The SMILES string of the molecule is CC1(C)CC(=O)c2c3c(n(-c4cc(F)c(C(N)=O)c(N[C@H]5CC[C@H](O)CC5)c4)c2C1)CCC3. The van der Waals surface area contributed by atoms with Gasteiger partial charge >= 0.3 is 0 Å². The predicted octanol–water partition coefficient (Wildman–Crippen LogP) is 4.07. The lowest BCUT2D eigenvalue weighted by Crippen LogP contribution is -2.30. The molecule has 6 nitrogen and oxygen atoms in total. The van der Waals surface area contributed by atoms with Crippen LogP contribution in [-0.2, 0) is 19.3 Å². The number of amides is 1. The number of carbonyl (C=O) groups is 2. The van der Waals surface area contributed by atoms with Crippen LogP contribution in [0, 0.1) is 11.2 Å². The highest BCUT2D eigenvalue weighted by atomic mass is 19.1. The molecule has 5 rings (SSSR count). The largest absolute Gasteiger partial charge is 0.393 e. The number of benzene rings is 1. The minimum Gasteiger partial charge on any atom is -0.393 e. The zero-order chi connectivity index (χ0) is 23.5. The second-order valence-corrected chi connectivity index (χ2v) is 10.7. The van der Waals surface area contributed by atoms with Crippen molar-refractivity contribution in [1.29, 1.82) is 0 Å². The minimum atomic E-state index is -0.812. The number of nitrogens with two attached hydrogens (primary N) is 1. The Bertz CT molecular complexity index is 1140. The van der Waals surface area contributed by atoms with Gasteiger partial charge in [0, 0.05) is 29.4 Å². The van der Waals surface area contributed by atoms with Crippen molar-refractivity contribution < 1.29 is 19.1 Å². The lowest BCUT2D eigenvalue weighted by Gasteiger charge is -2.31. The molecule has 0 spiro atoms. The third kappa shape index (κ3) is 3.86. The topological polar surface area (TPSA) is 97.4 Å². The molecule has 0 unspecified atom stereocenters. The van der Waals surface area contributed by atoms with Gasteiger partial charge in [-0.15, -0.1) is 0 Å². The molecule has 0 radical (unpaired) electrons. The molecule has 176 valence electrons. The van der Waals surface area contributed by atoms with Crippen LogP contribution in [0.4, 0.5) is 10.1 Å². The van der Waals surface area contributed by atoms with Crippen LogP contribution in [0.15, 0.2) is 12.1 Å². The van der Waals surface area contributed by atoms with E-state index in [1.54, 1.807) is 6.07 Å². The van der Waals surface area contributed by atoms with Crippen molar-refractivity contribution in [2.75, 3.05) is 5.32 Å². The monoisotopic (exact) mass is 453 g/mol. The van der Waals surface area contributed by atoms with Crippen LogP contribution >= 0.6 is 0 Å². The summed E-state index contributed by atoms with van der Waals surface area (Å²) in [4.78, 5) is 25.2. The molecule has 0 saturated heterocycles. The summed E-state index contributed by atoms with van der Waals surface area (Å²) in [5.41, 5.74) is 10.2. The Morgan fingerprint density at radius 2 is 1.88 bits per heavy atom. The van der Waals surface area contributed by atoms with Crippen molar-refractivity contribution in [3.8, 4) is 5.69 Å². The van der Waals surface area contributed by atoms with Gasteiger partial charge in [-0.1, -0.05) is 13.8 Å². The second-order valence-electron chi connectivity index (χ2n) is 10.7. The first kappa shape index (κ1) is 22.1. The molecular formula is C26H32FN3O3. The molecule has 1 fully saturated rings. The molecule has 7 heteroatoms. The van der Waals surface area contributed by atoms with Gasteiger partial charge in [0.25, 0.3) is 5.91 Å². The number of carbonyl (C=O) groups excluding carboxylic acids is 2. The van der Waals surface area contributed by atoms with E-state index in [-0.39, 0.29) is 28.9 Å². The number of halogens is 1. The number of aromatic nitrogens is 1. The first-order valence-corrected chi connectivity index (χ1v) is 12.0. The number of rotatable bonds is 4. The molecular weight excluding hydrogens is 421 g/mol. The molecule has 2 aromatic rings. The fraction of sp³-hybridized carbons (Fsp3) is 0.538. The first-order chi connectivity index (χ1) is 15.6. The van der Waals surface area contributed by atoms with E-state index in [1.807, 2.05) is 0 Å². The fourth-order valence-electron chi connectivity index (χ4n) is 6.07. The van der Waals surface area contributed by atoms with Gasteiger partial charge in [-0.25, -0.2) is 4.39 Å². The van der Waals surface area contributed by atoms with Crippen molar-refractivity contribution in [3.63, 3.8) is 0 Å². The van der Waals surface area contributed by atoms with Crippen LogP contribution < -0.4 is 11.1 Å². The summed E-state index contributed by atoms with van der Waals surface area (Å²) in [6, 6.07) is 3.21. The van der Waals surface area contributed by atoms with Crippen molar-refractivity contribution in [3.05, 3.63) is 46.0 Å². The number of hydrogen-bond acceptors (Lipinski definition) is 4. The van der Waals surface area contributed by atoms with Crippen molar-refractivity contribution in [1.82, 2.24) is 4.57 Å². The summed E-state index contributed by atoms with van der Waals surface area (Å²) < 4.78 is 17.4. The quantitative estimate of drug-likeness (QED) is 0.650. The Balaban J connectivity index is 1.64. The molecule has 0 aliphatic heterocycles. The normalized spacial score (nSPS) is 23.8. The van der Waals surface area contributed by atoms with E-state index in [1.165, 1.54) is 6.07 Å². The van der Waals surface area contributed by atoms with Gasteiger partial charge in [-0.3, -0.25) is 9.59 Å². The molecule has 1 heterocycles. The molecule has 4 N–H and O–H groups in total. The van der Waals surface area contributed by atoms with Gasteiger partial charge in [0.05, 0.1) is 23.0 Å². The number of hydrogen-bond donors (Lipinski definition) is 3. The number of nitrogens with one attached hydrogen (secondary N) is 1. The standard InChI is InChI=1S/C26H32FN3O3/c1-26(2)12-21-23(22(32)13-26)17-4-3-5-20(17)30(21)15-10-18(27)24(25(28)33)19(11-15)29-14-6-8-16(31)9-7-14/h10-11,14,16,29,31H,3-9,12-13H2,1-2H3,(H2,28,33)/t14-,16-. The zero-order valence-electron chi connectivity index (χ0n) is 19.3. The molecule has 3 aliphatic carbocycles. The Kier molecular flexibility index (Phi) is 5.35. The molecule has 0 atom stereocenters. The minimum absolute atomic E-state index is 0.0333. The van der Waals surface area contributed by atoms with E-state index in [9.17, 15) is 14.7 Å². The van der Waals surface area contributed by atoms with Crippen molar-refractivity contribution in [2.24, 2.45) is 11.1 Å². The number of nitrogens with zero attached hydrogens (tertiary/aromatic N) is 1. The Morgan fingerprint density at radius 1 is 1.15 bits per heavy atom. The van der Waals surface area contributed by atoms with Crippen LogP contribution in [0.2, 0.25) is 0 Å². The molecule has 1 amide bonds. The molecule has 3 aliphatic rings. The van der Waals surface area contributed by atoms with Gasteiger partial charge in [0.15, 0.2) is 5.78 Å². The van der Waals surface area contributed by atoms with E-state index < -0.39 is 11.7 Å². The summed E-state index contributed by atoms with van der Waals surface area (Å²) in [5.74, 6) is -1.30. The van der Waals surface area contributed by atoms with E-state index in [4.69, 9.17) is 5.73 Å². The summed E-state index contributed by atoms with van der Waals surface area (Å²) in [6.07, 6.45) is 6.46. The van der Waals surface area contributed by atoms with Gasteiger partial charge in [-0.05, 0) is 74.5 Å². The van der Waals surface area contributed by atoms with Gasteiger partial charge in [-0.2, -0.15) is 0 Å². The summed E-state index contributed by atoms with van der Waals surface area (Å²) >= 11 is 0.